The number of hydrogen-bond donors (Lipinski definition) is 3. The van der Waals surface area contributed by atoms with Crippen molar-refractivity contribution >= 4 is 35.6 Å². The molecule has 3 amide bonds. The first-order valence-electron chi connectivity index (χ1n) is 10.9. The van der Waals surface area contributed by atoms with E-state index < -0.39 is 46.9 Å². The molecule has 0 aliphatic carbocycles. The second-order valence-corrected chi connectivity index (χ2v) is 10.5. The first kappa shape index (κ1) is 23.9. The van der Waals surface area contributed by atoms with Gasteiger partial charge in [-0.25, -0.2) is 9.59 Å². The topological polar surface area (TPSA) is 134 Å². The first-order valence-corrected chi connectivity index (χ1v) is 11.9. The van der Waals surface area contributed by atoms with Crippen LogP contribution in [0.4, 0.5) is 4.79 Å². The number of benzene rings is 1. The summed E-state index contributed by atoms with van der Waals surface area (Å²) in [4.78, 5) is 51.5. The number of alkyl carbamates (subject to hydrolysis) is 1. The summed E-state index contributed by atoms with van der Waals surface area (Å²) in [6, 6.07) is 3.20. The highest BCUT2D eigenvalue weighted by molar-refractivity contribution is 8.00. The third kappa shape index (κ3) is 4.56. The van der Waals surface area contributed by atoms with Crippen molar-refractivity contribution in [2.24, 2.45) is 0 Å². The minimum atomic E-state index is -1.18. The zero-order chi connectivity index (χ0) is 24.8. The minimum Gasteiger partial charge on any atom is -0.493 e. The summed E-state index contributed by atoms with van der Waals surface area (Å²) in [5, 5.41) is 14.3. The molecule has 34 heavy (non-hydrogen) atoms. The summed E-state index contributed by atoms with van der Waals surface area (Å²) in [6.45, 7) is 7.35. The summed E-state index contributed by atoms with van der Waals surface area (Å²) in [5.74, 6) is -1.10. The van der Waals surface area contributed by atoms with Crippen molar-refractivity contribution < 1.29 is 33.8 Å². The number of carboxylic acid groups (broad SMARTS) is 1. The van der Waals surface area contributed by atoms with Crippen LogP contribution in [0.3, 0.4) is 0 Å². The van der Waals surface area contributed by atoms with Crippen molar-refractivity contribution in [1.82, 2.24) is 15.5 Å². The van der Waals surface area contributed by atoms with E-state index in [1.54, 1.807) is 45.9 Å². The molecule has 0 spiro atoms. The number of nitrogens with one attached hydrogen (secondary N) is 2. The van der Waals surface area contributed by atoms with Gasteiger partial charge in [-0.3, -0.25) is 14.5 Å². The molecule has 0 saturated carbocycles. The van der Waals surface area contributed by atoms with Crippen LogP contribution in [0.5, 0.6) is 5.75 Å². The van der Waals surface area contributed by atoms with Crippen LogP contribution in [-0.2, 0) is 25.5 Å². The molecule has 3 aliphatic heterocycles. The second-order valence-electron chi connectivity index (χ2n) is 9.38. The Morgan fingerprint density at radius 3 is 2.71 bits per heavy atom. The van der Waals surface area contributed by atoms with Gasteiger partial charge in [0.1, 0.15) is 34.5 Å². The van der Waals surface area contributed by atoms with Gasteiger partial charge in [0.25, 0.3) is 5.91 Å². The molecule has 0 radical (unpaired) electrons. The van der Waals surface area contributed by atoms with Crippen LogP contribution in [-0.4, -0.2) is 63.3 Å². The molecule has 1 aromatic carbocycles. The van der Waals surface area contributed by atoms with Gasteiger partial charge in [0, 0.05) is 12.2 Å². The lowest BCUT2D eigenvalue weighted by molar-refractivity contribution is -0.151. The number of thioether (sulfide) groups is 1. The molecule has 3 atom stereocenters. The minimum absolute atomic E-state index is 0.0405. The van der Waals surface area contributed by atoms with Gasteiger partial charge in [-0.15, -0.1) is 11.8 Å². The molecule has 3 unspecified atom stereocenters. The number of nitrogens with zero attached hydrogens (tertiary/aromatic N) is 1. The smallest absolute Gasteiger partial charge is 0.408 e. The number of β-lactam (4-membered cyclic amide) rings is 1. The van der Waals surface area contributed by atoms with Crippen molar-refractivity contribution in [3.63, 3.8) is 0 Å². The predicted octanol–water partition coefficient (Wildman–Crippen LogP) is 1.95. The van der Waals surface area contributed by atoms with Crippen LogP contribution >= 0.6 is 11.8 Å². The molecule has 1 fully saturated rings. The number of hydrogen-bond acceptors (Lipinski definition) is 7. The zero-order valence-corrected chi connectivity index (χ0v) is 20.2. The number of fused-ring (bicyclic) bond motifs is 2. The number of ether oxygens (including phenoxy) is 2. The van der Waals surface area contributed by atoms with E-state index in [1.165, 1.54) is 16.7 Å². The normalized spacial score (nSPS) is 22.1. The largest absolute Gasteiger partial charge is 0.493 e. The third-order valence-electron chi connectivity index (χ3n) is 5.63. The highest BCUT2D eigenvalue weighted by Crippen LogP contribution is 2.40. The zero-order valence-electron chi connectivity index (χ0n) is 19.3. The van der Waals surface area contributed by atoms with E-state index in [9.17, 15) is 24.3 Å². The number of aliphatic carboxylic acids is 1. The first-order chi connectivity index (χ1) is 16.0. The van der Waals surface area contributed by atoms with Gasteiger partial charge in [-0.05, 0) is 56.5 Å². The molecule has 1 aromatic rings. The molecule has 3 aliphatic rings. The summed E-state index contributed by atoms with van der Waals surface area (Å²) in [5.41, 5.74) is 1.23. The fourth-order valence-electron chi connectivity index (χ4n) is 4.12. The van der Waals surface area contributed by atoms with Crippen molar-refractivity contribution in [3.8, 4) is 5.75 Å². The Hall–Kier alpha value is -3.21. The van der Waals surface area contributed by atoms with Crippen LogP contribution in [0.1, 0.15) is 44.9 Å². The molecular formula is C23H27N3O7S. The van der Waals surface area contributed by atoms with Crippen molar-refractivity contribution in [1.29, 1.82) is 0 Å². The maximum Gasteiger partial charge on any atom is 0.408 e. The number of carbonyl (C=O) groups is 4. The van der Waals surface area contributed by atoms with Gasteiger partial charge in [-0.2, -0.15) is 0 Å². The standard InChI is InChI=1S/C23H27N3O7S/c1-11-10-34-20-16(19(28)26(20)17(11)21(29)30)24-18(27)15(25-22(31)33-23(2,3)4)13-5-6-14-12(9-13)7-8-32-14/h5-6,9,15-16,20H,7-8,10H2,1-4H3,(H,24,27)(H,25,31)(H,29,30). The molecule has 182 valence electrons. The quantitative estimate of drug-likeness (QED) is 0.535. The molecular weight excluding hydrogens is 462 g/mol. The molecule has 0 aromatic heterocycles. The van der Waals surface area contributed by atoms with Crippen LogP contribution < -0.4 is 15.4 Å². The SMILES string of the molecule is CC1=C(C(=O)O)N2C(=O)C(NC(=O)C(NC(=O)OC(C)(C)C)c3ccc4c(c3)CCO4)C2SC1. The van der Waals surface area contributed by atoms with Gasteiger partial charge in [0.05, 0.1) is 6.61 Å². The molecule has 0 bridgehead atoms. The summed E-state index contributed by atoms with van der Waals surface area (Å²) in [6.07, 6.45) is -0.0905. The summed E-state index contributed by atoms with van der Waals surface area (Å²) < 4.78 is 10.9. The van der Waals surface area contributed by atoms with E-state index in [1.807, 2.05) is 0 Å². The maximum atomic E-state index is 13.3. The second kappa shape index (κ2) is 8.86. The van der Waals surface area contributed by atoms with Crippen LogP contribution in [0.2, 0.25) is 0 Å². The van der Waals surface area contributed by atoms with E-state index in [4.69, 9.17) is 9.47 Å². The molecule has 11 heteroatoms. The Labute approximate surface area is 201 Å². The van der Waals surface area contributed by atoms with E-state index in [0.29, 0.717) is 29.9 Å². The van der Waals surface area contributed by atoms with E-state index in [-0.39, 0.29) is 5.70 Å². The van der Waals surface area contributed by atoms with Gasteiger partial charge in [0.2, 0.25) is 5.91 Å². The monoisotopic (exact) mass is 489 g/mol. The number of carboxylic acids is 1. The summed E-state index contributed by atoms with van der Waals surface area (Å²) in [7, 11) is 0. The molecule has 1 saturated heterocycles. The average Bonchev–Trinajstić information content (AvgIpc) is 3.21. The Morgan fingerprint density at radius 1 is 1.29 bits per heavy atom. The predicted molar refractivity (Wildman–Crippen MR) is 123 cm³/mol. The lowest BCUT2D eigenvalue weighted by atomic mass is 9.99. The van der Waals surface area contributed by atoms with Crippen molar-refractivity contribution in [3.05, 3.63) is 40.6 Å². The summed E-state index contributed by atoms with van der Waals surface area (Å²) >= 11 is 1.38. The van der Waals surface area contributed by atoms with Crippen LogP contribution in [0, 0.1) is 0 Å². The number of rotatable bonds is 5. The van der Waals surface area contributed by atoms with E-state index in [2.05, 4.69) is 10.6 Å². The van der Waals surface area contributed by atoms with Crippen LogP contribution in [0.25, 0.3) is 0 Å². The van der Waals surface area contributed by atoms with Gasteiger partial charge < -0.3 is 25.2 Å². The van der Waals surface area contributed by atoms with Gasteiger partial charge in [0.15, 0.2) is 0 Å². The molecule has 3 heterocycles. The molecule has 10 nitrogen and oxygen atoms in total. The van der Waals surface area contributed by atoms with Crippen molar-refractivity contribution in [2.45, 2.75) is 57.2 Å². The highest BCUT2D eigenvalue weighted by atomic mass is 32.2. The third-order valence-corrected chi connectivity index (χ3v) is 7.05. The van der Waals surface area contributed by atoms with E-state index >= 15 is 0 Å². The highest BCUT2D eigenvalue weighted by Gasteiger charge is 2.54. The average molecular weight is 490 g/mol. The molecule has 3 N–H and O–H groups in total. The number of amides is 3. The van der Waals surface area contributed by atoms with Gasteiger partial charge >= 0.3 is 12.1 Å². The maximum absolute atomic E-state index is 13.3. The lowest BCUT2D eigenvalue weighted by Gasteiger charge is -2.49. The van der Waals surface area contributed by atoms with Crippen LogP contribution in [0.15, 0.2) is 29.5 Å². The fourth-order valence-corrected chi connectivity index (χ4v) is 5.42. The number of carbonyl (C=O) groups excluding carboxylic acids is 3. The Bertz CT molecular complexity index is 1090. The lowest BCUT2D eigenvalue weighted by Crippen LogP contribution is -2.71. The molecule has 4 rings (SSSR count). The van der Waals surface area contributed by atoms with E-state index in [0.717, 1.165) is 11.3 Å². The van der Waals surface area contributed by atoms with Crippen molar-refractivity contribution in [2.75, 3.05) is 12.4 Å². The Morgan fingerprint density at radius 2 is 2.03 bits per heavy atom. The van der Waals surface area contributed by atoms with Gasteiger partial charge in [-0.1, -0.05) is 6.07 Å². The Balaban J connectivity index is 1.55. The fraction of sp³-hybridized carbons (Fsp3) is 0.478. The Kier molecular flexibility index (Phi) is 6.24.